The number of hydrogen-bond donors (Lipinski definition) is 1. The molecule has 0 spiro atoms. The summed E-state index contributed by atoms with van der Waals surface area (Å²) in [6.07, 6.45) is 11.2. The molecule has 4 aromatic rings. The lowest BCUT2D eigenvalue weighted by Gasteiger charge is -2.40. The van der Waals surface area contributed by atoms with Crippen LogP contribution in [0.15, 0.2) is 59.8 Å². The number of fused-ring (bicyclic) bond motifs is 1. The number of halogens is 2. The van der Waals surface area contributed by atoms with Crippen LogP contribution >= 0.6 is 12.4 Å². The second-order valence-corrected chi connectivity index (χ2v) is 13.3. The van der Waals surface area contributed by atoms with Gasteiger partial charge in [0.2, 0.25) is 0 Å². The topological polar surface area (TPSA) is 69.5 Å². The molecule has 1 N–H and O–H groups in total. The smallest absolute Gasteiger partial charge is 0.193 e. The first kappa shape index (κ1) is 32.4. The average Bonchev–Trinajstić information content (AvgIpc) is 3.78. The highest BCUT2D eigenvalue weighted by Gasteiger charge is 2.31. The molecule has 0 bridgehead atoms. The maximum absolute atomic E-state index is 15.7. The summed E-state index contributed by atoms with van der Waals surface area (Å²) in [6, 6.07) is 12.8. The molecule has 0 unspecified atom stereocenters. The number of hydrogen-bond acceptors (Lipinski definition) is 7. The molecule has 2 atom stereocenters. The van der Waals surface area contributed by atoms with Crippen LogP contribution in [0.3, 0.4) is 0 Å². The van der Waals surface area contributed by atoms with Crippen molar-refractivity contribution < 1.29 is 4.39 Å². The zero-order valence-corrected chi connectivity index (χ0v) is 27.9. The van der Waals surface area contributed by atoms with E-state index < -0.39 is 0 Å². The molecular formula is C36H45ClFN7O. The minimum absolute atomic E-state index is 0. The molecule has 1 aromatic carbocycles. The zero-order valence-electron chi connectivity index (χ0n) is 27.1. The highest BCUT2D eigenvalue weighted by atomic mass is 35.5. The summed E-state index contributed by atoms with van der Waals surface area (Å²) in [7, 11) is 1.96. The van der Waals surface area contributed by atoms with Gasteiger partial charge in [0.1, 0.15) is 5.82 Å². The van der Waals surface area contributed by atoms with Crippen LogP contribution in [0.2, 0.25) is 0 Å². The van der Waals surface area contributed by atoms with E-state index in [1.54, 1.807) is 0 Å². The number of pyridine rings is 3. The van der Waals surface area contributed by atoms with Crippen LogP contribution < -0.4 is 20.5 Å². The highest BCUT2D eigenvalue weighted by molar-refractivity contribution is 5.85. The number of rotatable bonds is 9. The van der Waals surface area contributed by atoms with Crippen molar-refractivity contribution >= 4 is 34.7 Å². The minimum Gasteiger partial charge on any atom is -0.369 e. The monoisotopic (exact) mass is 645 g/mol. The van der Waals surface area contributed by atoms with Gasteiger partial charge in [-0.2, -0.15) is 0 Å². The van der Waals surface area contributed by atoms with E-state index in [2.05, 4.69) is 65.0 Å². The number of nitrogens with zero attached hydrogens (tertiary/aromatic N) is 6. The largest absolute Gasteiger partial charge is 0.369 e. The third-order valence-electron chi connectivity index (χ3n) is 9.95. The number of likely N-dealkylation sites (N-methyl/N-ethyl adjacent to an activating group) is 1. The van der Waals surface area contributed by atoms with Crippen molar-refractivity contribution in [3.05, 3.63) is 93.5 Å². The summed E-state index contributed by atoms with van der Waals surface area (Å²) >= 11 is 0. The van der Waals surface area contributed by atoms with Crippen LogP contribution in [0.5, 0.6) is 0 Å². The third-order valence-corrected chi connectivity index (χ3v) is 9.95. The van der Waals surface area contributed by atoms with E-state index in [1.165, 1.54) is 11.6 Å². The van der Waals surface area contributed by atoms with E-state index >= 15 is 4.39 Å². The first-order valence-electron chi connectivity index (χ1n) is 16.5. The Hall–Kier alpha value is -3.53. The van der Waals surface area contributed by atoms with Gasteiger partial charge >= 0.3 is 0 Å². The van der Waals surface area contributed by atoms with Crippen LogP contribution in [0.1, 0.15) is 60.7 Å². The Morgan fingerprint density at radius 1 is 0.957 bits per heavy atom. The SMILES string of the molecule is CN[C@H]1CCN(c2cc3c(cc2F)c(=O)c(CN(Cc2ccnc(C)c2)[C@H]2CCCN(c4ccc(C)nc4)C2)cn3C2CC2)C1.Cl. The van der Waals surface area contributed by atoms with E-state index in [4.69, 9.17) is 0 Å². The number of nitrogens with one attached hydrogen (secondary N) is 1. The Labute approximate surface area is 277 Å². The molecule has 46 heavy (non-hydrogen) atoms. The number of aromatic nitrogens is 3. The minimum atomic E-state index is -0.311. The lowest BCUT2D eigenvalue weighted by molar-refractivity contribution is 0.158. The van der Waals surface area contributed by atoms with Gasteiger partial charge in [-0.25, -0.2) is 4.39 Å². The quantitative estimate of drug-likeness (QED) is 0.248. The summed E-state index contributed by atoms with van der Waals surface area (Å²) in [6.45, 7) is 8.67. The lowest BCUT2D eigenvalue weighted by atomic mass is 10.0. The van der Waals surface area contributed by atoms with Gasteiger partial charge < -0.3 is 19.7 Å². The average molecular weight is 646 g/mol. The van der Waals surface area contributed by atoms with E-state index in [-0.39, 0.29) is 29.7 Å². The normalized spacial score (nSPS) is 20.0. The maximum Gasteiger partial charge on any atom is 0.193 e. The first-order chi connectivity index (χ1) is 21.9. The molecule has 0 amide bonds. The van der Waals surface area contributed by atoms with Gasteiger partial charge in [0, 0.05) is 92.1 Å². The Balaban J connectivity index is 0.00000372. The van der Waals surface area contributed by atoms with Crippen LogP contribution in [0.25, 0.3) is 10.9 Å². The molecule has 3 aromatic heterocycles. The first-order valence-corrected chi connectivity index (χ1v) is 16.5. The fraction of sp³-hybridized carbons (Fsp3) is 0.472. The Bertz CT molecular complexity index is 1740. The standard InChI is InChI=1S/C36H44FN7O.ClH/c1-24-6-7-30(18-40-24)41-13-4-5-31(23-41)43(19-26-10-12-39-25(2)15-26)20-27-21-44(29-8-9-29)34-17-35(33(37)16-32(34)36(27)45)42-14-11-28(22-42)38-3;/h6-7,10,12,15-18,21,28-29,31,38H,4-5,8-9,11,13-14,19-20,22-23H2,1-3H3;1H/t28-,31-;/m0./s1. The molecule has 2 saturated heterocycles. The molecular weight excluding hydrogens is 601 g/mol. The van der Waals surface area contributed by atoms with Crippen molar-refractivity contribution in [2.24, 2.45) is 0 Å². The highest BCUT2D eigenvalue weighted by Crippen LogP contribution is 2.39. The summed E-state index contributed by atoms with van der Waals surface area (Å²) in [5, 5.41) is 3.81. The molecule has 10 heteroatoms. The van der Waals surface area contributed by atoms with Crippen molar-refractivity contribution in [2.75, 3.05) is 43.0 Å². The van der Waals surface area contributed by atoms with Crippen molar-refractivity contribution in [1.29, 1.82) is 0 Å². The fourth-order valence-electron chi connectivity index (χ4n) is 7.24. The lowest BCUT2D eigenvalue weighted by Crippen LogP contribution is -2.48. The van der Waals surface area contributed by atoms with Crippen LogP contribution in [0.4, 0.5) is 15.8 Å². The molecule has 244 valence electrons. The van der Waals surface area contributed by atoms with E-state index in [1.807, 2.05) is 39.4 Å². The van der Waals surface area contributed by atoms with Gasteiger partial charge in [-0.15, -0.1) is 12.4 Å². The summed E-state index contributed by atoms with van der Waals surface area (Å²) in [5.41, 5.74) is 6.43. The van der Waals surface area contributed by atoms with Crippen LogP contribution in [-0.2, 0) is 13.1 Å². The van der Waals surface area contributed by atoms with Gasteiger partial charge in [0.05, 0.1) is 23.1 Å². The summed E-state index contributed by atoms with van der Waals surface area (Å²) < 4.78 is 18.0. The Morgan fingerprint density at radius 3 is 2.52 bits per heavy atom. The van der Waals surface area contributed by atoms with Crippen molar-refractivity contribution in [1.82, 2.24) is 24.8 Å². The molecule has 3 fully saturated rings. The number of aryl methyl sites for hydroxylation is 2. The van der Waals surface area contributed by atoms with Gasteiger partial charge in [0.15, 0.2) is 5.43 Å². The Kier molecular flexibility index (Phi) is 9.64. The summed E-state index contributed by atoms with van der Waals surface area (Å²) in [5.74, 6) is -0.311. The van der Waals surface area contributed by atoms with Gasteiger partial charge in [-0.05, 0) is 95.0 Å². The second kappa shape index (κ2) is 13.7. The predicted molar refractivity (Wildman–Crippen MR) is 186 cm³/mol. The second-order valence-electron chi connectivity index (χ2n) is 13.3. The molecule has 1 aliphatic carbocycles. The molecule has 7 rings (SSSR count). The number of piperidine rings is 1. The number of anilines is 2. The molecule has 0 radical (unpaired) electrons. The van der Waals surface area contributed by atoms with Gasteiger partial charge in [0.25, 0.3) is 0 Å². The van der Waals surface area contributed by atoms with Crippen molar-refractivity contribution in [2.45, 2.75) is 77.2 Å². The van der Waals surface area contributed by atoms with E-state index in [0.717, 1.165) is 86.4 Å². The van der Waals surface area contributed by atoms with Crippen molar-refractivity contribution in [3.8, 4) is 0 Å². The molecule has 8 nitrogen and oxygen atoms in total. The predicted octanol–water partition coefficient (Wildman–Crippen LogP) is 5.77. The van der Waals surface area contributed by atoms with Crippen LogP contribution in [-0.4, -0.2) is 64.7 Å². The third kappa shape index (κ3) is 6.77. The van der Waals surface area contributed by atoms with E-state index in [9.17, 15) is 4.79 Å². The molecule has 1 saturated carbocycles. The molecule has 2 aliphatic heterocycles. The molecule has 5 heterocycles. The van der Waals surface area contributed by atoms with Gasteiger partial charge in [-0.3, -0.25) is 19.7 Å². The summed E-state index contributed by atoms with van der Waals surface area (Å²) in [4.78, 5) is 30.1. The van der Waals surface area contributed by atoms with Crippen LogP contribution in [0, 0.1) is 19.7 Å². The fourth-order valence-corrected chi connectivity index (χ4v) is 7.24. The molecule has 3 aliphatic rings. The van der Waals surface area contributed by atoms with E-state index in [0.29, 0.717) is 36.2 Å². The Morgan fingerprint density at radius 2 is 1.80 bits per heavy atom. The zero-order chi connectivity index (χ0) is 31.1. The van der Waals surface area contributed by atoms with Crippen molar-refractivity contribution in [3.63, 3.8) is 0 Å². The van der Waals surface area contributed by atoms with Gasteiger partial charge in [-0.1, -0.05) is 0 Å². The number of benzene rings is 1. The maximum atomic E-state index is 15.7.